The van der Waals surface area contributed by atoms with Crippen molar-refractivity contribution >= 4 is 40.3 Å². The molecule has 3 aromatic rings. The first-order valence-corrected chi connectivity index (χ1v) is 7.48. The van der Waals surface area contributed by atoms with E-state index in [0.29, 0.717) is 17.0 Å². The molecule has 1 aromatic heterocycles. The van der Waals surface area contributed by atoms with Gasteiger partial charge in [0.2, 0.25) is 5.95 Å². The summed E-state index contributed by atoms with van der Waals surface area (Å²) in [6, 6.07) is 10.7. The van der Waals surface area contributed by atoms with Gasteiger partial charge in [0.15, 0.2) is 0 Å². The maximum Gasteiger partial charge on any atom is 0.205 e. The molecular formula is C14H11ClFN3S. The highest BCUT2D eigenvalue weighted by Gasteiger charge is 2.13. The van der Waals surface area contributed by atoms with E-state index in [1.807, 2.05) is 30.5 Å². The Labute approximate surface area is 124 Å². The van der Waals surface area contributed by atoms with Crippen molar-refractivity contribution in [2.24, 2.45) is 0 Å². The van der Waals surface area contributed by atoms with E-state index in [9.17, 15) is 4.39 Å². The van der Waals surface area contributed by atoms with Crippen molar-refractivity contribution in [2.75, 3.05) is 12.0 Å². The summed E-state index contributed by atoms with van der Waals surface area (Å²) in [6.45, 7) is 0. The highest BCUT2D eigenvalue weighted by atomic mass is 35.5. The Hall–Kier alpha value is -1.72. The number of benzene rings is 2. The Morgan fingerprint density at radius 1 is 1.30 bits per heavy atom. The first-order valence-electron chi connectivity index (χ1n) is 5.87. The van der Waals surface area contributed by atoms with E-state index < -0.39 is 5.82 Å². The second-order valence-corrected chi connectivity index (χ2v) is 5.55. The molecule has 0 saturated carbocycles. The van der Waals surface area contributed by atoms with Gasteiger partial charge < -0.3 is 5.73 Å². The number of nitrogens with two attached hydrogens (primary N) is 1. The van der Waals surface area contributed by atoms with Crippen LogP contribution >= 0.6 is 23.4 Å². The van der Waals surface area contributed by atoms with Gasteiger partial charge in [-0.2, -0.15) is 0 Å². The van der Waals surface area contributed by atoms with Crippen LogP contribution in [0.1, 0.15) is 0 Å². The number of nitrogens with zero attached hydrogens (tertiary/aromatic N) is 2. The smallest absolute Gasteiger partial charge is 0.205 e. The molecule has 2 N–H and O–H groups in total. The molecule has 0 spiro atoms. The fraction of sp³-hybridized carbons (Fsp3) is 0.0714. The number of fused-ring (bicyclic) bond motifs is 1. The van der Waals surface area contributed by atoms with Crippen molar-refractivity contribution in [3.8, 4) is 5.69 Å². The molecular weight excluding hydrogens is 297 g/mol. The van der Waals surface area contributed by atoms with Crippen LogP contribution in [0.15, 0.2) is 41.3 Å². The molecule has 0 amide bonds. The summed E-state index contributed by atoms with van der Waals surface area (Å²) in [5.41, 5.74) is 8.00. The maximum atomic E-state index is 13.5. The predicted octanol–water partition coefficient (Wildman–Crippen LogP) is 4.12. The summed E-state index contributed by atoms with van der Waals surface area (Å²) in [6.07, 6.45) is 2.00. The maximum absolute atomic E-state index is 13.5. The second-order valence-electron chi connectivity index (χ2n) is 4.26. The topological polar surface area (TPSA) is 43.8 Å². The molecule has 0 fully saturated rings. The minimum atomic E-state index is -0.498. The molecule has 0 atom stereocenters. The number of imidazole rings is 1. The van der Waals surface area contributed by atoms with Gasteiger partial charge in [-0.3, -0.25) is 4.57 Å². The zero-order valence-electron chi connectivity index (χ0n) is 10.6. The van der Waals surface area contributed by atoms with E-state index >= 15 is 0 Å². The molecule has 102 valence electrons. The van der Waals surface area contributed by atoms with Crippen LogP contribution in [0.3, 0.4) is 0 Å². The Kier molecular flexibility index (Phi) is 3.31. The Morgan fingerprint density at radius 2 is 2.10 bits per heavy atom. The van der Waals surface area contributed by atoms with Crippen molar-refractivity contribution in [2.45, 2.75) is 4.90 Å². The minimum Gasteiger partial charge on any atom is -0.369 e. The number of hydrogen-bond acceptors (Lipinski definition) is 3. The predicted molar refractivity (Wildman–Crippen MR) is 82.2 cm³/mol. The van der Waals surface area contributed by atoms with Crippen LogP contribution < -0.4 is 5.73 Å². The summed E-state index contributed by atoms with van der Waals surface area (Å²) in [5, 5.41) is 0.0553. The zero-order valence-corrected chi connectivity index (χ0v) is 12.2. The second kappa shape index (κ2) is 5.00. The van der Waals surface area contributed by atoms with Crippen molar-refractivity contribution in [3.05, 3.63) is 47.2 Å². The summed E-state index contributed by atoms with van der Waals surface area (Å²) >= 11 is 7.49. The first-order chi connectivity index (χ1) is 9.60. The average molecular weight is 308 g/mol. The van der Waals surface area contributed by atoms with Gasteiger partial charge in [0.25, 0.3) is 0 Å². The third-order valence-corrected chi connectivity index (χ3v) is 4.05. The van der Waals surface area contributed by atoms with Crippen LogP contribution in [0.4, 0.5) is 10.3 Å². The van der Waals surface area contributed by atoms with Crippen LogP contribution in [0.5, 0.6) is 0 Å². The Bertz CT molecular complexity index is 800. The standard InChI is InChI=1S/C14H11ClFN3S/c1-20-9-4-2-3-8(5-9)19-13-6-10(15)11(16)7-12(13)18-14(19)17/h2-7H,1H3,(H2,17,18). The number of halogens is 2. The van der Waals surface area contributed by atoms with E-state index in [1.165, 1.54) is 6.07 Å². The lowest BCUT2D eigenvalue weighted by Crippen LogP contribution is -2.00. The van der Waals surface area contributed by atoms with Crippen molar-refractivity contribution in [3.63, 3.8) is 0 Å². The van der Waals surface area contributed by atoms with Crippen molar-refractivity contribution in [1.29, 1.82) is 0 Å². The Morgan fingerprint density at radius 3 is 2.85 bits per heavy atom. The van der Waals surface area contributed by atoms with E-state index in [4.69, 9.17) is 17.3 Å². The van der Waals surface area contributed by atoms with Crippen molar-refractivity contribution < 1.29 is 4.39 Å². The Balaban J connectivity index is 2.29. The molecule has 0 aliphatic rings. The molecule has 0 saturated heterocycles. The van der Waals surface area contributed by atoms with Crippen LogP contribution in [0.25, 0.3) is 16.7 Å². The van der Waals surface area contributed by atoms with E-state index in [1.54, 1.807) is 22.4 Å². The first kappa shape index (κ1) is 13.3. The summed E-state index contributed by atoms with van der Waals surface area (Å²) < 4.78 is 15.2. The minimum absolute atomic E-state index is 0.0553. The average Bonchev–Trinajstić information content (AvgIpc) is 2.74. The van der Waals surface area contributed by atoms with Gasteiger partial charge in [0.1, 0.15) is 5.82 Å². The summed E-state index contributed by atoms with van der Waals surface area (Å²) in [4.78, 5) is 5.29. The van der Waals surface area contributed by atoms with Gasteiger partial charge in [0.05, 0.1) is 21.7 Å². The summed E-state index contributed by atoms with van der Waals surface area (Å²) in [7, 11) is 0. The third-order valence-electron chi connectivity index (χ3n) is 3.03. The van der Waals surface area contributed by atoms with Crippen LogP contribution in [-0.4, -0.2) is 15.8 Å². The molecule has 1 heterocycles. The molecule has 3 rings (SSSR count). The van der Waals surface area contributed by atoms with Gasteiger partial charge in [-0.25, -0.2) is 9.37 Å². The largest absolute Gasteiger partial charge is 0.369 e. The quantitative estimate of drug-likeness (QED) is 0.724. The lowest BCUT2D eigenvalue weighted by Gasteiger charge is -2.08. The van der Waals surface area contributed by atoms with Gasteiger partial charge in [-0.1, -0.05) is 17.7 Å². The third kappa shape index (κ3) is 2.13. The number of nitrogen functional groups attached to an aromatic ring is 1. The molecule has 6 heteroatoms. The molecule has 0 aliphatic carbocycles. The van der Waals surface area contributed by atoms with Crippen LogP contribution in [0.2, 0.25) is 5.02 Å². The van der Waals surface area contributed by atoms with Crippen LogP contribution in [0, 0.1) is 5.82 Å². The molecule has 0 unspecified atom stereocenters. The highest BCUT2D eigenvalue weighted by molar-refractivity contribution is 7.98. The molecule has 0 radical (unpaired) electrons. The highest BCUT2D eigenvalue weighted by Crippen LogP contribution is 2.29. The normalized spacial score (nSPS) is 11.2. The number of thioether (sulfide) groups is 1. The SMILES string of the molecule is CSc1cccc(-n2c(N)nc3cc(F)c(Cl)cc32)c1. The summed E-state index contributed by atoms with van der Waals surface area (Å²) in [5.74, 6) is -0.193. The molecule has 0 bridgehead atoms. The van der Waals surface area contributed by atoms with Crippen molar-refractivity contribution in [1.82, 2.24) is 9.55 Å². The monoisotopic (exact) mass is 307 g/mol. The fourth-order valence-corrected chi connectivity index (χ4v) is 2.72. The van der Waals surface area contributed by atoms with E-state index in [-0.39, 0.29) is 5.02 Å². The number of aromatic nitrogens is 2. The lowest BCUT2D eigenvalue weighted by molar-refractivity contribution is 0.630. The van der Waals surface area contributed by atoms with Crippen LogP contribution in [-0.2, 0) is 0 Å². The number of anilines is 1. The van der Waals surface area contributed by atoms with Gasteiger partial charge in [-0.15, -0.1) is 11.8 Å². The number of rotatable bonds is 2. The van der Waals surface area contributed by atoms with Gasteiger partial charge >= 0.3 is 0 Å². The van der Waals surface area contributed by atoms with Gasteiger partial charge in [-0.05, 0) is 30.5 Å². The number of hydrogen-bond donors (Lipinski definition) is 1. The van der Waals surface area contributed by atoms with E-state index in [2.05, 4.69) is 4.98 Å². The zero-order chi connectivity index (χ0) is 14.3. The molecule has 2 aromatic carbocycles. The van der Waals surface area contributed by atoms with Gasteiger partial charge in [0, 0.05) is 11.0 Å². The van der Waals surface area contributed by atoms with E-state index in [0.717, 1.165) is 10.6 Å². The lowest BCUT2D eigenvalue weighted by atomic mass is 10.2. The molecule has 0 aliphatic heterocycles. The fourth-order valence-electron chi connectivity index (χ4n) is 2.11. The molecule has 3 nitrogen and oxygen atoms in total. The molecule has 20 heavy (non-hydrogen) atoms.